The highest BCUT2D eigenvalue weighted by molar-refractivity contribution is 7.26. The molecule has 0 aliphatic rings. The SMILES string of the molecule is c1ccc(-c2nc(-c3ccc4c(c3)oc3cc(-c5ccc6c7ccccc7n(-c7ccccc7)c6c5)ccc34)nc(-c3cccc4c3sc3ccccc34)n2)cc1. The van der Waals surface area contributed by atoms with E-state index in [9.17, 15) is 0 Å². The first kappa shape index (κ1) is 31.9. The van der Waals surface area contributed by atoms with E-state index in [-0.39, 0.29) is 0 Å². The quantitative estimate of drug-likeness (QED) is 0.176. The summed E-state index contributed by atoms with van der Waals surface area (Å²) in [5.41, 5.74) is 10.1. The first-order valence-electron chi connectivity index (χ1n) is 19.0. The summed E-state index contributed by atoms with van der Waals surface area (Å²) < 4.78 is 11.4. The van der Waals surface area contributed by atoms with Gasteiger partial charge in [-0.15, -0.1) is 11.3 Å². The fraction of sp³-hybridized carbons (Fsp3) is 0. The minimum atomic E-state index is 0.599. The molecule has 0 amide bonds. The molecule has 57 heavy (non-hydrogen) atoms. The summed E-state index contributed by atoms with van der Waals surface area (Å²) in [6.45, 7) is 0. The fourth-order valence-electron chi connectivity index (χ4n) is 8.37. The fourth-order valence-corrected chi connectivity index (χ4v) is 9.58. The Hall–Kier alpha value is -7.41. The first-order valence-corrected chi connectivity index (χ1v) is 19.8. The maximum atomic E-state index is 6.65. The molecule has 4 heterocycles. The summed E-state index contributed by atoms with van der Waals surface area (Å²) in [4.78, 5) is 15.3. The van der Waals surface area contributed by atoms with Crippen molar-refractivity contribution in [1.29, 1.82) is 0 Å². The maximum Gasteiger partial charge on any atom is 0.165 e. The molecule has 0 saturated heterocycles. The topological polar surface area (TPSA) is 56.7 Å². The predicted molar refractivity (Wildman–Crippen MR) is 236 cm³/mol. The molecule has 0 atom stereocenters. The Labute approximate surface area is 330 Å². The predicted octanol–water partition coefficient (Wildman–Crippen LogP) is 13.9. The second-order valence-electron chi connectivity index (χ2n) is 14.4. The Morgan fingerprint density at radius 2 is 0.965 bits per heavy atom. The van der Waals surface area contributed by atoms with Crippen molar-refractivity contribution in [2.75, 3.05) is 0 Å². The highest BCUT2D eigenvalue weighted by atomic mass is 32.1. The number of benzene rings is 8. The van der Waals surface area contributed by atoms with E-state index in [2.05, 4.69) is 156 Å². The molecular weight excluding hydrogens is 717 g/mol. The summed E-state index contributed by atoms with van der Waals surface area (Å²) in [5.74, 6) is 1.88. The number of aromatic nitrogens is 4. The third kappa shape index (κ3) is 5.12. The molecule has 266 valence electrons. The van der Waals surface area contributed by atoms with Gasteiger partial charge in [0.25, 0.3) is 0 Å². The second kappa shape index (κ2) is 12.6. The Morgan fingerprint density at radius 1 is 0.386 bits per heavy atom. The molecular formula is C51H30N4OS. The van der Waals surface area contributed by atoms with Crippen LogP contribution in [0.4, 0.5) is 0 Å². The van der Waals surface area contributed by atoms with Crippen molar-refractivity contribution < 1.29 is 4.42 Å². The van der Waals surface area contributed by atoms with Crippen LogP contribution >= 0.6 is 11.3 Å². The van der Waals surface area contributed by atoms with Crippen molar-refractivity contribution in [2.24, 2.45) is 0 Å². The van der Waals surface area contributed by atoms with Gasteiger partial charge in [-0.05, 0) is 71.8 Å². The molecule has 0 spiro atoms. The van der Waals surface area contributed by atoms with Gasteiger partial charge in [0.05, 0.1) is 11.0 Å². The number of hydrogen-bond donors (Lipinski definition) is 0. The van der Waals surface area contributed by atoms with Gasteiger partial charge >= 0.3 is 0 Å². The van der Waals surface area contributed by atoms with Crippen LogP contribution in [0.2, 0.25) is 0 Å². The molecule has 0 fully saturated rings. The van der Waals surface area contributed by atoms with E-state index in [4.69, 9.17) is 19.4 Å². The number of fused-ring (bicyclic) bond motifs is 9. The van der Waals surface area contributed by atoms with Crippen molar-refractivity contribution in [3.63, 3.8) is 0 Å². The molecule has 12 rings (SSSR count). The van der Waals surface area contributed by atoms with E-state index in [0.29, 0.717) is 17.5 Å². The second-order valence-corrected chi connectivity index (χ2v) is 15.4. The van der Waals surface area contributed by atoms with Crippen LogP contribution in [-0.4, -0.2) is 19.5 Å². The van der Waals surface area contributed by atoms with Gasteiger partial charge in [0.2, 0.25) is 0 Å². The Kier molecular flexibility index (Phi) is 7.03. The smallest absolute Gasteiger partial charge is 0.165 e. The van der Waals surface area contributed by atoms with E-state index in [1.54, 1.807) is 11.3 Å². The molecule has 0 aliphatic carbocycles. The summed E-state index contributed by atoms with van der Waals surface area (Å²) in [6.07, 6.45) is 0. The van der Waals surface area contributed by atoms with Crippen molar-refractivity contribution in [2.45, 2.75) is 0 Å². The first-order chi connectivity index (χ1) is 28.2. The molecule has 0 unspecified atom stereocenters. The van der Waals surface area contributed by atoms with Gasteiger partial charge in [-0.1, -0.05) is 121 Å². The van der Waals surface area contributed by atoms with Gasteiger partial charge in [0.15, 0.2) is 17.5 Å². The van der Waals surface area contributed by atoms with Gasteiger partial charge < -0.3 is 8.98 Å². The van der Waals surface area contributed by atoms with Crippen molar-refractivity contribution in [3.8, 4) is 51.0 Å². The summed E-state index contributed by atoms with van der Waals surface area (Å²) in [7, 11) is 0. The van der Waals surface area contributed by atoms with Crippen LogP contribution in [0, 0.1) is 0 Å². The lowest BCUT2D eigenvalue weighted by Crippen LogP contribution is -2.00. The number of thiophene rings is 1. The average Bonchev–Trinajstić information content (AvgIpc) is 3.95. The molecule has 4 aromatic heterocycles. The third-order valence-corrected chi connectivity index (χ3v) is 12.3. The summed E-state index contributed by atoms with van der Waals surface area (Å²) in [6, 6.07) is 63.8. The lowest BCUT2D eigenvalue weighted by molar-refractivity contribution is 0.669. The van der Waals surface area contributed by atoms with E-state index < -0.39 is 0 Å². The van der Waals surface area contributed by atoms with Crippen molar-refractivity contribution >= 4 is 75.3 Å². The van der Waals surface area contributed by atoms with Crippen LogP contribution in [0.5, 0.6) is 0 Å². The zero-order valence-electron chi connectivity index (χ0n) is 30.4. The molecule has 0 N–H and O–H groups in total. The van der Waals surface area contributed by atoms with Crippen LogP contribution in [0.15, 0.2) is 186 Å². The number of nitrogens with zero attached hydrogens (tertiary/aromatic N) is 4. The standard InChI is InChI=1S/C51H30N4OS/c1-3-12-31(13-4-1)49-52-50(54-51(53-49)42-19-11-18-41-40-17-8-10-21-47(40)57-48(41)42)34-24-27-39-38-26-23-33(29-45(38)56-46(39)30-34)32-22-25-37-36-16-7-9-20-43(36)55(44(37)28-32)35-14-5-2-6-15-35/h1-30H. The van der Waals surface area contributed by atoms with Crippen LogP contribution in [0.3, 0.4) is 0 Å². The number of hydrogen-bond acceptors (Lipinski definition) is 5. The molecule has 5 nitrogen and oxygen atoms in total. The molecule has 0 aliphatic heterocycles. The highest BCUT2D eigenvalue weighted by Gasteiger charge is 2.19. The monoisotopic (exact) mass is 746 g/mol. The molecule has 12 aromatic rings. The minimum absolute atomic E-state index is 0.599. The Balaban J connectivity index is 0.981. The van der Waals surface area contributed by atoms with Crippen molar-refractivity contribution in [1.82, 2.24) is 19.5 Å². The van der Waals surface area contributed by atoms with Gasteiger partial charge in [0.1, 0.15) is 11.2 Å². The van der Waals surface area contributed by atoms with Crippen LogP contribution < -0.4 is 0 Å². The van der Waals surface area contributed by atoms with Crippen molar-refractivity contribution in [3.05, 3.63) is 182 Å². The lowest BCUT2D eigenvalue weighted by Gasteiger charge is -2.09. The Bertz CT molecular complexity index is 3530. The van der Waals surface area contributed by atoms with E-state index in [0.717, 1.165) is 55.4 Å². The van der Waals surface area contributed by atoms with Gasteiger partial charge in [-0.25, -0.2) is 15.0 Å². The van der Waals surface area contributed by atoms with Gasteiger partial charge in [-0.3, -0.25) is 0 Å². The molecule has 0 saturated carbocycles. The van der Waals surface area contributed by atoms with E-state index in [1.807, 2.05) is 30.3 Å². The Morgan fingerprint density at radius 3 is 1.77 bits per heavy atom. The largest absolute Gasteiger partial charge is 0.456 e. The number of furan rings is 1. The number of para-hydroxylation sites is 2. The van der Waals surface area contributed by atoms with Gasteiger partial charge in [-0.2, -0.15) is 0 Å². The third-order valence-electron chi connectivity index (χ3n) is 11.1. The minimum Gasteiger partial charge on any atom is -0.456 e. The normalized spacial score (nSPS) is 11.9. The summed E-state index contributed by atoms with van der Waals surface area (Å²) >= 11 is 1.77. The van der Waals surface area contributed by atoms with Gasteiger partial charge in [0, 0.05) is 64.1 Å². The van der Waals surface area contributed by atoms with Crippen LogP contribution in [-0.2, 0) is 0 Å². The average molecular weight is 747 g/mol. The van der Waals surface area contributed by atoms with E-state index in [1.165, 1.54) is 42.0 Å². The highest BCUT2D eigenvalue weighted by Crippen LogP contribution is 2.41. The lowest BCUT2D eigenvalue weighted by atomic mass is 10.0. The zero-order valence-corrected chi connectivity index (χ0v) is 31.2. The molecule has 0 bridgehead atoms. The van der Waals surface area contributed by atoms with Crippen LogP contribution in [0.1, 0.15) is 0 Å². The summed E-state index contributed by atoms with van der Waals surface area (Å²) in [5, 5.41) is 7.03. The molecule has 0 radical (unpaired) electrons. The van der Waals surface area contributed by atoms with E-state index >= 15 is 0 Å². The molecule has 6 heteroatoms. The maximum absolute atomic E-state index is 6.65. The van der Waals surface area contributed by atoms with Crippen LogP contribution in [0.25, 0.3) is 115 Å². The zero-order chi connectivity index (χ0) is 37.5. The molecule has 8 aromatic carbocycles. The number of rotatable bonds is 5.